The highest BCUT2D eigenvalue weighted by Gasteiger charge is 2.20. The summed E-state index contributed by atoms with van der Waals surface area (Å²) in [4.78, 5) is 41.2. The monoisotopic (exact) mass is 304 g/mol. The van der Waals surface area contributed by atoms with E-state index in [9.17, 15) is 19.7 Å². The van der Waals surface area contributed by atoms with Crippen LogP contribution in [-0.2, 0) is 11.3 Å². The molecule has 0 radical (unpaired) electrons. The van der Waals surface area contributed by atoms with Crippen LogP contribution in [0.15, 0.2) is 30.7 Å². The average Bonchev–Trinajstić information content (AvgIpc) is 2.87. The number of imidazole rings is 1. The van der Waals surface area contributed by atoms with Crippen molar-refractivity contribution in [2.24, 2.45) is 0 Å². The van der Waals surface area contributed by atoms with Crippen molar-refractivity contribution in [1.29, 1.82) is 0 Å². The number of aryl methyl sites for hydroxylation is 1. The van der Waals surface area contributed by atoms with Gasteiger partial charge in [-0.2, -0.15) is 0 Å². The summed E-state index contributed by atoms with van der Waals surface area (Å²) in [6, 6.07) is 3.11. The number of nitro groups is 1. The fourth-order valence-electron chi connectivity index (χ4n) is 1.68. The second-order valence-corrected chi connectivity index (χ2v) is 4.25. The topological polar surface area (TPSA) is 132 Å². The Kier molecular flexibility index (Phi) is 4.41. The van der Waals surface area contributed by atoms with Gasteiger partial charge in [0.1, 0.15) is 6.20 Å². The lowest BCUT2D eigenvalue weighted by atomic mass is 10.3. The van der Waals surface area contributed by atoms with E-state index in [0.29, 0.717) is 5.82 Å². The Hall–Kier alpha value is -3.30. The van der Waals surface area contributed by atoms with Crippen LogP contribution in [0.3, 0.4) is 0 Å². The zero-order chi connectivity index (χ0) is 16.1. The van der Waals surface area contributed by atoms with Crippen molar-refractivity contribution in [2.75, 3.05) is 0 Å². The summed E-state index contributed by atoms with van der Waals surface area (Å²) in [5.74, 6) is -1.15. The van der Waals surface area contributed by atoms with E-state index in [0.717, 1.165) is 10.8 Å². The van der Waals surface area contributed by atoms with Crippen molar-refractivity contribution < 1.29 is 14.5 Å². The molecule has 0 aliphatic rings. The van der Waals surface area contributed by atoms with Gasteiger partial charge in [0.2, 0.25) is 0 Å². The standard InChI is InChI=1S/C12H12N6O4/c1-8-14-6-11(18(21)22)17(8)7-10(19)15-16-12(20)9-3-2-4-13-5-9/h2-6H,7H2,1H3,(H,15,19)(H,16,20). The molecule has 0 saturated heterocycles. The number of nitrogens with one attached hydrogen (secondary N) is 2. The van der Waals surface area contributed by atoms with Crippen LogP contribution >= 0.6 is 0 Å². The van der Waals surface area contributed by atoms with Gasteiger partial charge < -0.3 is 10.1 Å². The SMILES string of the molecule is Cc1ncc([N+](=O)[O-])n1CC(=O)NNC(=O)c1cccnc1. The van der Waals surface area contributed by atoms with E-state index >= 15 is 0 Å². The number of hydrogen-bond donors (Lipinski definition) is 2. The number of aromatic nitrogens is 3. The lowest BCUT2D eigenvalue weighted by molar-refractivity contribution is -0.392. The first-order valence-electron chi connectivity index (χ1n) is 6.14. The normalized spacial score (nSPS) is 10.0. The van der Waals surface area contributed by atoms with Crippen LogP contribution in [0.5, 0.6) is 0 Å². The Balaban J connectivity index is 1.95. The molecule has 2 rings (SSSR count). The van der Waals surface area contributed by atoms with Crippen LogP contribution in [0.4, 0.5) is 5.82 Å². The van der Waals surface area contributed by atoms with Gasteiger partial charge in [0.05, 0.1) is 5.56 Å². The number of carbonyl (C=O) groups excluding carboxylic acids is 2. The summed E-state index contributed by atoms with van der Waals surface area (Å²) in [6.07, 6.45) is 3.92. The molecule has 0 bridgehead atoms. The van der Waals surface area contributed by atoms with E-state index in [2.05, 4.69) is 20.8 Å². The van der Waals surface area contributed by atoms with Crippen molar-refractivity contribution in [3.8, 4) is 0 Å². The Labute approximate surface area is 124 Å². The number of nitrogens with zero attached hydrogens (tertiary/aromatic N) is 4. The van der Waals surface area contributed by atoms with Gasteiger partial charge in [0, 0.05) is 19.3 Å². The minimum Gasteiger partial charge on any atom is -0.358 e. The molecule has 0 atom stereocenters. The first kappa shape index (κ1) is 15.1. The van der Waals surface area contributed by atoms with E-state index in [4.69, 9.17) is 0 Å². The third kappa shape index (κ3) is 3.42. The number of hydrazine groups is 1. The zero-order valence-electron chi connectivity index (χ0n) is 11.5. The van der Waals surface area contributed by atoms with Crippen molar-refractivity contribution >= 4 is 17.6 Å². The van der Waals surface area contributed by atoms with Crippen LogP contribution in [0.2, 0.25) is 0 Å². The fourth-order valence-corrected chi connectivity index (χ4v) is 1.68. The molecule has 0 spiro atoms. The quantitative estimate of drug-likeness (QED) is 0.601. The van der Waals surface area contributed by atoms with Crippen molar-refractivity contribution in [2.45, 2.75) is 13.5 Å². The number of rotatable bonds is 4. The maximum absolute atomic E-state index is 11.8. The minimum absolute atomic E-state index is 0.271. The van der Waals surface area contributed by atoms with Crippen molar-refractivity contribution in [3.63, 3.8) is 0 Å². The molecule has 2 N–H and O–H groups in total. The average molecular weight is 304 g/mol. The number of amides is 2. The van der Waals surface area contributed by atoms with Crippen molar-refractivity contribution in [3.05, 3.63) is 52.2 Å². The van der Waals surface area contributed by atoms with Crippen LogP contribution in [0.25, 0.3) is 0 Å². The molecule has 0 aromatic carbocycles. The summed E-state index contributed by atoms with van der Waals surface area (Å²) in [5.41, 5.74) is 4.64. The van der Waals surface area contributed by atoms with Gasteiger partial charge in [-0.05, 0) is 17.1 Å². The van der Waals surface area contributed by atoms with Gasteiger partial charge in [0.15, 0.2) is 12.4 Å². The molecule has 0 fully saturated rings. The molecule has 10 nitrogen and oxygen atoms in total. The Bertz CT molecular complexity index is 712. The molecular formula is C12H12N6O4. The molecular weight excluding hydrogens is 292 g/mol. The highest BCUT2D eigenvalue weighted by molar-refractivity contribution is 5.95. The number of carbonyl (C=O) groups is 2. The predicted molar refractivity (Wildman–Crippen MR) is 73.5 cm³/mol. The smallest absolute Gasteiger partial charge is 0.343 e. The minimum atomic E-state index is -0.637. The second-order valence-electron chi connectivity index (χ2n) is 4.25. The molecule has 0 aliphatic heterocycles. The molecule has 114 valence electrons. The van der Waals surface area contributed by atoms with E-state index in [1.54, 1.807) is 6.07 Å². The first-order chi connectivity index (χ1) is 10.5. The third-order valence-corrected chi connectivity index (χ3v) is 2.76. The molecule has 0 saturated carbocycles. The highest BCUT2D eigenvalue weighted by atomic mass is 16.6. The van der Waals surface area contributed by atoms with Gasteiger partial charge in [-0.1, -0.05) is 0 Å². The van der Waals surface area contributed by atoms with Gasteiger partial charge in [-0.3, -0.25) is 25.4 Å². The largest absolute Gasteiger partial charge is 0.358 e. The first-order valence-corrected chi connectivity index (χ1v) is 6.14. The molecule has 2 heterocycles. The predicted octanol–water partition coefficient (Wildman–Crippen LogP) is -0.0441. The second kappa shape index (κ2) is 6.43. The molecule has 10 heteroatoms. The Morgan fingerprint density at radius 3 is 2.77 bits per heavy atom. The van der Waals surface area contributed by atoms with Gasteiger partial charge >= 0.3 is 5.82 Å². The van der Waals surface area contributed by atoms with Crippen LogP contribution in [-0.4, -0.2) is 31.3 Å². The van der Waals surface area contributed by atoms with Crippen LogP contribution in [0.1, 0.15) is 16.2 Å². The fraction of sp³-hybridized carbons (Fsp3) is 0.167. The van der Waals surface area contributed by atoms with Crippen LogP contribution in [0, 0.1) is 17.0 Å². The van der Waals surface area contributed by atoms with Crippen LogP contribution < -0.4 is 10.9 Å². The highest BCUT2D eigenvalue weighted by Crippen LogP contribution is 2.12. The summed E-state index contributed by atoms with van der Waals surface area (Å²) in [6.45, 7) is 1.20. The number of pyridine rings is 1. The number of hydrogen-bond acceptors (Lipinski definition) is 6. The van der Waals surface area contributed by atoms with Crippen molar-refractivity contribution in [1.82, 2.24) is 25.4 Å². The van der Waals surface area contributed by atoms with E-state index < -0.39 is 16.7 Å². The van der Waals surface area contributed by atoms with Gasteiger partial charge in [-0.25, -0.2) is 9.55 Å². The molecule has 2 amide bonds. The molecule has 22 heavy (non-hydrogen) atoms. The summed E-state index contributed by atoms with van der Waals surface area (Å²) in [7, 11) is 0. The molecule has 2 aromatic heterocycles. The van der Waals surface area contributed by atoms with E-state index in [1.165, 1.54) is 25.4 Å². The summed E-state index contributed by atoms with van der Waals surface area (Å²) < 4.78 is 1.13. The Morgan fingerprint density at radius 2 is 2.14 bits per heavy atom. The van der Waals surface area contributed by atoms with Gasteiger partial charge in [0.25, 0.3) is 11.8 Å². The maximum atomic E-state index is 11.8. The van der Waals surface area contributed by atoms with E-state index in [1.807, 2.05) is 0 Å². The maximum Gasteiger partial charge on any atom is 0.343 e. The summed E-state index contributed by atoms with van der Waals surface area (Å²) in [5, 5.41) is 10.8. The molecule has 2 aromatic rings. The molecule has 0 aliphatic carbocycles. The molecule has 0 unspecified atom stereocenters. The van der Waals surface area contributed by atoms with Gasteiger partial charge in [-0.15, -0.1) is 0 Å². The summed E-state index contributed by atoms with van der Waals surface area (Å²) >= 11 is 0. The lowest BCUT2D eigenvalue weighted by Gasteiger charge is -2.07. The Morgan fingerprint density at radius 1 is 1.36 bits per heavy atom. The third-order valence-electron chi connectivity index (χ3n) is 2.76. The lowest BCUT2D eigenvalue weighted by Crippen LogP contribution is -2.43. The zero-order valence-corrected chi connectivity index (χ0v) is 11.5. The van der Waals surface area contributed by atoms with E-state index in [-0.39, 0.29) is 17.9 Å².